The minimum atomic E-state index is -1.20. The molecule has 9 N–H and O–H groups in total. The molecular formula is C21H27N7O5. The Morgan fingerprint density at radius 1 is 1.27 bits per heavy atom. The van der Waals surface area contributed by atoms with Gasteiger partial charge in [0.2, 0.25) is 5.91 Å². The molecule has 0 spiro atoms. The van der Waals surface area contributed by atoms with Gasteiger partial charge in [0.1, 0.15) is 12.2 Å². The first kappa shape index (κ1) is 23.6. The molecule has 2 atom stereocenters. The molecule has 3 rings (SSSR count). The summed E-state index contributed by atoms with van der Waals surface area (Å²) in [6.45, 7) is 1.04. The van der Waals surface area contributed by atoms with Crippen molar-refractivity contribution in [1.82, 2.24) is 21.3 Å². The minimum Gasteiger partial charge on any atom is -0.494 e. The molecule has 33 heavy (non-hydrogen) atoms. The largest absolute Gasteiger partial charge is 0.494 e. The van der Waals surface area contributed by atoms with Gasteiger partial charge in [-0.1, -0.05) is 0 Å². The third-order valence-corrected chi connectivity index (χ3v) is 5.17. The van der Waals surface area contributed by atoms with Crippen molar-refractivity contribution in [2.24, 2.45) is 10.7 Å². The zero-order valence-electron chi connectivity index (χ0n) is 18.0. The van der Waals surface area contributed by atoms with Gasteiger partial charge in [-0.05, 0) is 42.3 Å². The number of nitrogens with one attached hydrogen (secondary N) is 5. The molecule has 1 aromatic rings. The number of aliphatic hydroxyl groups excluding tert-OH is 1. The van der Waals surface area contributed by atoms with E-state index < -0.39 is 24.1 Å². The first-order valence-electron chi connectivity index (χ1n) is 10.3. The molecule has 2 aliphatic heterocycles. The smallest absolute Gasteiger partial charge is 0.326 e. The van der Waals surface area contributed by atoms with Gasteiger partial charge in [-0.3, -0.25) is 20.2 Å². The molecule has 2 unspecified atom stereocenters. The highest BCUT2D eigenvalue weighted by atomic mass is 16.4. The summed E-state index contributed by atoms with van der Waals surface area (Å²) in [6, 6.07) is 5.41. The maximum atomic E-state index is 12.4. The summed E-state index contributed by atoms with van der Waals surface area (Å²) in [5.74, 6) is -1.93. The zero-order chi connectivity index (χ0) is 24.0. The lowest BCUT2D eigenvalue weighted by atomic mass is 10.0. The number of amides is 2. The summed E-state index contributed by atoms with van der Waals surface area (Å²) in [4.78, 5) is 39.3. The second kappa shape index (κ2) is 10.5. The number of nitrogens with zero attached hydrogens (tertiary/aromatic N) is 1. The van der Waals surface area contributed by atoms with Crippen molar-refractivity contribution < 1.29 is 24.6 Å². The highest BCUT2D eigenvalue weighted by Gasteiger charge is 2.25. The van der Waals surface area contributed by atoms with E-state index in [1.165, 1.54) is 7.05 Å². The number of benzene rings is 1. The predicted octanol–water partition coefficient (Wildman–Crippen LogP) is -0.649. The van der Waals surface area contributed by atoms with Gasteiger partial charge >= 0.3 is 5.97 Å². The van der Waals surface area contributed by atoms with Crippen molar-refractivity contribution in [2.45, 2.75) is 25.0 Å². The van der Waals surface area contributed by atoms with Gasteiger partial charge in [-0.2, -0.15) is 0 Å². The van der Waals surface area contributed by atoms with Gasteiger partial charge in [0.15, 0.2) is 11.8 Å². The van der Waals surface area contributed by atoms with Crippen molar-refractivity contribution in [1.29, 1.82) is 0 Å². The van der Waals surface area contributed by atoms with E-state index in [1.807, 2.05) is 6.08 Å². The number of rotatable bonds is 9. The zero-order valence-corrected chi connectivity index (χ0v) is 18.0. The highest BCUT2D eigenvalue weighted by molar-refractivity contribution is 5.97. The molecule has 12 nitrogen and oxygen atoms in total. The van der Waals surface area contributed by atoms with Crippen LogP contribution in [0.4, 0.5) is 5.69 Å². The predicted molar refractivity (Wildman–Crippen MR) is 121 cm³/mol. The summed E-state index contributed by atoms with van der Waals surface area (Å²) in [7, 11) is 1.46. The molecule has 0 saturated heterocycles. The van der Waals surface area contributed by atoms with Crippen LogP contribution in [-0.2, 0) is 9.59 Å². The number of carbonyl (C=O) groups is 3. The Labute approximate surface area is 190 Å². The first-order valence-corrected chi connectivity index (χ1v) is 10.3. The lowest BCUT2D eigenvalue weighted by Gasteiger charge is -2.28. The number of hydrogen-bond donors (Lipinski definition) is 8. The number of hydrogen-bond acceptors (Lipinski definition) is 9. The van der Waals surface area contributed by atoms with Crippen molar-refractivity contribution in [3.8, 4) is 0 Å². The van der Waals surface area contributed by atoms with Gasteiger partial charge in [-0.15, -0.1) is 0 Å². The molecule has 0 fully saturated rings. The fraction of sp³-hybridized carbons (Fsp3) is 0.333. The van der Waals surface area contributed by atoms with Crippen LogP contribution in [0.3, 0.4) is 0 Å². The first-order chi connectivity index (χ1) is 15.8. The number of aliphatic imine (C=N–C) groups is 1. The maximum absolute atomic E-state index is 12.4. The Kier molecular flexibility index (Phi) is 7.51. The Hall–Kier alpha value is -4.06. The van der Waals surface area contributed by atoms with Gasteiger partial charge in [-0.25, -0.2) is 9.79 Å². The Morgan fingerprint density at radius 3 is 2.67 bits per heavy atom. The molecule has 2 aliphatic rings. The van der Waals surface area contributed by atoms with E-state index in [0.717, 1.165) is 11.3 Å². The monoisotopic (exact) mass is 457 g/mol. The third kappa shape index (κ3) is 6.23. The number of fused-ring (bicyclic) bond motifs is 1. The SMILES string of the molecule is CNC(=O)CCC(NC(=O)c1ccc(NCC2=CC3=C(O)NC(N)=NC3NC2)cc1)C(=O)O. The summed E-state index contributed by atoms with van der Waals surface area (Å²) in [5.41, 5.74) is 8.24. The number of guanidine groups is 1. The highest BCUT2D eigenvalue weighted by Crippen LogP contribution is 2.20. The van der Waals surface area contributed by atoms with E-state index in [1.54, 1.807) is 24.3 Å². The van der Waals surface area contributed by atoms with Gasteiger partial charge in [0.25, 0.3) is 5.91 Å². The Morgan fingerprint density at radius 2 is 2.00 bits per heavy atom. The molecule has 0 aromatic heterocycles. The molecule has 12 heteroatoms. The van der Waals surface area contributed by atoms with Crippen molar-refractivity contribution in [3.05, 3.63) is 52.9 Å². The van der Waals surface area contributed by atoms with Gasteiger partial charge in [0, 0.05) is 37.8 Å². The average Bonchev–Trinajstić information content (AvgIpc) is 2.80. The van der Waals surface area contributed by atoms with Crippen LogP contribution >= 0.6 is 0 Å². The van der Waals surface area contributed by atoms with Crippen LogP contribution in [0.5, 0.6) is 0 Å². The Bertz CT molecular complexity index is 1020. The molecule has 0 aliphatic carbocycles. The van der Waals surface area contributed by atoms with Crippen LogP contribution in [-0.4, -0.2) is 66.3 Å². The molecule has 0 bridgehead atoms. The molecule has 0 radical (unpaired) electrons. The molecule has 0 saturated carbocycles. The summed E-state index contributed by atoms with van der Waals surface area (Å²) in [6.07, 6.45) is 1.44. The van der Waals surface area contributed by atoms with Crippen molar-refractivity contribution in [2.75, 3.05) is 25.5 Å². The quantitative estimate of drug-likeness (QED) is 0.238. The molecular weight excluding hydrogens is 430 g/mol. The number of anilines is 1. The fourth-order valence-corrected chi connectivity index (χ4v) is 3.33. The minimum absolute atomic E-state index is 0.00741. The van der Waals surface area contributed by atoms with Crippen LogP contribution in [0.2, 0.25) is 0 Å². The lowest BCUT2D eigenvalue weighted by molar-refractivity contribution is -0.139. The van der Waals surface area contributed by atoms with E-state index in [0.29, 0.717) is 24.2 Å². The maximum Gasteiger partial charge on any atom is 0.326 e. The van der Waals surface area contributed by atoms with Crippen molar-refractivity contribution >= 4 is 29.4 Å². The molecule has 176 valence electrons. The summed E-state index contributed by atoms with van der Waals surface area (Å²) in [5, 5.41) is 33.2. The summed E-state index contributed by atoms with van der Waals surface area (Å²) < 4.78 is 0. The number of nitrogens with two attached hydrogens (primary N) is 1. The van der Waals surface area contributed by atoms with Gasteiger partial charge < -0.3 is 31.9 Å². The topological polar surface area (TPSA) is 190 Å². The third-order valence-electron chi connectivity index (χ3n) is 5.17. The second-order valence-electron chi connectivity index (χ2n) is 7.54. The summed E-state index contributed by atoms with van der Waals surface area (Å²) >= 11 is 0. The lowest BCUT2D eigenvalue weighted by Crippen LogP contribution is -2.45. The van der Waals surface area contributed by atoms with E-state index in [9.17, 15) is 24.6 Å². The van der Waals surface area contributed by atoms with Crippen LogP contribution in [0.1, 0.15) is 23.2 Å². The van der Waals surface area contributed by atoms with E-state index in [2.05, 4.69) is 31.6 Å². The molecule has 2 heterocycles. The van der Waals surface area contributed by atoms with Crippen molar-refractivity contribution in [3.63, 3.8) is 0 Å². The number of carboxylic acid groups (broad SMARTS) is 1. The standard InChI is InChI=1S/C21H27N7O5/c1-23-16(29)7-6-15(20(32)33)26-18(30)12-2-4-13(5-3-12)24-9-11-8-14-17(25-10-11)27-21(22)28-19(14)31/h2-5,8,15,17,24-25,31H,6-7,9-10H2,1H3,(H,23,29)(H,26,30)(H,32,33)(H3,22,27,28). The number of aliphatic carboxylic acids is 1. The number of aliphatic hydroxyl groups is 1. The Balaban J connectivity index is 1.55. The van der Waals surface area contributed by atoms with E-state index in [4.69, 9.17) is 5.73 Å². The number of carbonyl (C=O) groups excluding carboxylic acids is 2. The van der Waals surface area contributed by atoms with Gasteiger partial charge in [0.05, 0.1) is 5.57 Å². The van der Waals surface area contributed by atoms with E-state index in [-0.39, 0.29) is 30.6 Å². The molecule has 2 amide bonds. The molecule has 1 aromatic carbocycles. The normalized spacial score (nSPS) is 18.2. The van der Waals surface area contributed by atoms with Crippen LogP contribution in [0.15, 0.2) is 52.4 Å². The van der Waals surface area contributed by atoms with Crippen LogP contribution in [0, 0.1) is 0 Å². The second-order valence-corrected chi connectivity index (χ2v) is 7.54. The van der Waals surface area contributed by atoms with Crippen LogP contribution < -0.4 is 32.3 Å². The van der Waals surface area contributed by atoms with E-state index >= 15 is 0 Å². The fourth-order valence-electron chi connectivity index (χ4n) is 3.33. The average molecular weight is 457 g/mol. The van der Waals surface area contributed by atoms with Crippen LogP contribution in [0.25, 0.3) is 0 Å². The number of carboxylic acids is 1.